The van der Waals surface area contributed by atoms with E-state index in [1.807, 2.05) is 4.90 Å². The van der Waals surface area contributed by atoms with Crippen molar-refractivity contribution in [3.05, 3.63) is 71.6 Å². The largest absolute Gasteiger partial charge is 0.492 e. The maximum atomic E-state index is 13.2. The molecule has 0 unspecified atom stereocenters. The fourth-order valence-electron chi connectivity index (χ4n) is 4.63. The van der Waals surface area contributed by atoms with Gasteiger partial charge < -0.3 is 20.5 Å². The second-order valence-corrected chi connectivity index (χ2v) is 10.0. The molecule has 0 radical (unpaired) electrons. The van der Waals surface area contributed by atoms with Gasteiger partial charge in [-0.25, -0.2) is 24.1 Å². The number of ether oxygens (including phenoxy) is 1. The van der Waals surface area contributed by atoms with Crippen LogP contribution in [0.3, 0.4) is 0 Å². The van der Waals surface area contributed by atoms with Gasteiger partial charge in [0.15, 0.2) is 0 Å². The Bertz CT molecular complexity index is 1310. The second-order valence-electron chi connectivity index (χ2n) is 10.0. The van der Waals surface area contributed by atoms with Crippen LogP contribution in [0.5, 0.6) is 5.75 Å². The Morgan fingerprint density at radius 3 is 2.64 bits per heavy atom. The van der Waals surface area contributed by atoms with Gasteiger partial charge in [0, 0.05) is 31.5 Å². The molecule has 1 aromatic carbocycles. The molecule has 3 heterocycles. The van der Waals surface area contributed by atoms with E-state index in [1.54, 1.807) is 0 Å². The van der Waals surface area contributed by atoms with E-state index in [1.165, 1.54) is 35.9 Å². The predicted octanol–water partition coefficient (Wildman–Crippen LogP) is 5.05. The topological polar surface area (TPSA) is 112 Å². The Morgan fingerprint density at radius 2 is 1.88 bits per heavy atom. The number of anilines is 2. The molecule has 4 rings (SSSR count). The van der Waals surface area contributed by atoms with Crippen molar-refractivity contribution < 1.29 is 32.2 Å². The first kappa shape index (κ1) is 30.9. The molecule has 1 aliphatic rings. The smallest absolute Gasteiger partial charge is 0.451 e. The predicted molar refractivity (Wildman–Crippen MR) is 149 cm³/mol. The van der Waals surface area contributed by atoms with E-state index in [0.717, 1.165) is 56.4 Å². The average Bonchev–Trinajstić information content (AvgIpc) is 2.97. The van der Waals surface area contributed by atoms with Crippen molar-refractivity contribution in [3.63, 3.8) is 0 Å². The third-order valence-electron chi connectivity index (χ3n) is 6.86. The number of aryl methyl sites for hydroxylation is 2. The molecule has 42 heavy (non-hydrogen) atoms. The van der Waals surface area contributed by atoms with Gasteiger partial charge in [-0.2, -0.15) is 13.2 Å². The summed E-state index contributed by atoms with van der Waals surface area (Å²) >= 11 is 0. The fourth-order valence-corrected chi connectivity index (χ4v) is 4.63. The van der Waals surface area contributed by atoms with E-state index < -0.39 is 24.0 Å². The zero-order valence-corrected chi connectivity index (χ0v) is 23.0. The number of nitrogens with zero attached hydrogens (tertiary/aromatic N) is 4. The molecule has 0 fully saturated rings. The quantitative estimate of drug-likeness (QED) is 0.165. The zero-order valence-electron chi connectivity index (χ0n) is 23.0. The lowest BCUT2D eigenvalue weighted by atomic mass is 10.1. The summed E-state index contributed by atoms with van der Waals surface area (Å²) < 4.78 is 57.9. The number of halogens is 4. The highest BCUT2D eigenvalue weighted by Crippen LogP contribution is 2.26. The Balaban J connectivity index is 1.33. The van der Waals surface area contributed by atoms with Gasteiger partial charge in [-0.1, -0.05) is 6.07 Å². The van der Waals surface area contributed by atoms with Crippen molar-refractivity contribution >= 4 is 17.6 Å². The minimum Gasteiger partial charge on any atom is -0.492 e. The van der Waals surface area contributed by atoms with Crippen LogP contribution in [0.15, 0.2) is 48.7 Å². The molecule has 1 atom stereocenters. The molecule has 1 aliphatic heterocycles. The monoisotopic (exact) mass is 590 g/mol. The van der Waals surface area contributed by atoms with Crippen LogP contribution in [0.2, 0.25) is 0 Å². The first-order valence-corrected chi connectivity index (χ1v) is 13.9. The molecule has 0 saturated carbocycles. The lowest BCUT2D eigenvalue weighted by Crippen LogP contribution is -2.37. The lowest BCUT2D eigenvalue weighted by molar-refractivity contribution is -0.144. The summed E-state index contributed by atoms with van der Waals surface area (Å²) in [6, 6.07) is 9.87. The minimum absolute atomic E-state index is 0.106. The summed E-state index contributed by atoms with van der Waals surface area (Å²) in [5, 5.41) is 15.7. The van der Waals surface area contributed by atoms with E-state index in [0.29, 0.717) is 25.4 Å². The molecule has 3 aromatic rings. The first-order valence-electron chi connectivity index (χ1n) is 13.9. The average molecular weight is 591 g/mol. The number of carbonyl (C=O) groups is 1. The zero-order chi connectivity index (χ0) is 30.0. The van der Waals surface area contributed by atoms with Gasteiger partial charge in [-0.3, -0.25) is 4.90 Å². The molecular formula is C29H34F4N6O3. The summed E-state index contributed by atoms with van der Waals surface area (Å²) in [5.74, 6) is -1.68. The van der Waals surface area contributed by atoms with Gasteiger partial charge in [0.1, 0.15) is 35.9 Å². The van der Waals surface area contributed by atoms with Gasteiger partial charge >= 0.3 is 12.1 Å². The molecule has 0 saturated heterocycles. The number of benzene rings is 1. The molecule has 0 aliphatic carbocycles. The van der Waals surface area contributed by atoms with Gasteiger partial charge in [-0.15, -0.1) is 0 Å². The van der Waals surface area contributed by atoms with Crippen molar-refractivity contribution in [1.82, 2.24) is 19.9 Å². The molecule has 3 N–H and O–H groups in total. The number of carboxylic acids is 1. The van der Waals surface area contributed by atoms with Crippen LogP contribution >= 0.6 is 0 Å². The molecule has 13 heteroatoms. The highest BCUT2D eigenvalue weighted by Gasteiger charge is 2.35. The minimum atomic E-state index is -4.75. The van der Waals surface area contributed by atoms with E-state index in [9.17, 15) is 27.5 Å². The number of hydrogen-bond donors (Lipinski definition) is 3. The van der Waals surface area contributed by atoms with Crippen molar-refractivity contribution in [1.29, 1.82) is 0 Å². The molecular weight excluding hydrogens is 556 g/mol. The first-order chi connectivity index (χ1) is 20.2. The van der Waals surface area contributed by atoms with Crippen LogP contribution in [-0.4, -0.2) is 69.8 Å². The number of carboxylic acid groups (broad SMARTS) is 1. The molecule has 0 amide bonds. The molecule has 9 nitrogen and oxygen atoms in total. The molecule has 226 valence electrons. The molecule has 2 aromatic heterocycles. The van der Waals surface area contributed by atoms with Crippen LogP contribution in [0.1, 0.15) is 42.8 Å². The number of aliphatic carboxylic acids is 1. The van der Waals surface area contributed by atoms with Crippen molar-refractivity contribution in [2.24, 2.45) is 0 Å². The number of nitrogens with one attached hydrogen (secondary N) is 2. The van der Waals surface area contributed by atoms with Gasteiger partial charge in [0.25, 0.3) is 0 Å². The highest BCUT2D eigenvalue weighted by molar-refractivity contribution is 5.76. The summed E-state index contributed by atoms with van der Waals surface area (Å²) in [5.41, 5.74) is 2.24. The normalized spacial score (nSPS) is 13.7. The van der Waals surface area contributed by atoms with Crippen LogP contribution in [0.25, 0.3) is 0 Å². The van der Waals surface area contributed by atoms with Gasteiger partial charge in [0.2, 0.25) is 5.82 Å². The van der Waals surface area contributed by atoms with Crippen LogP contribution in [-0.2, 0) is 23.8 Å². The van der Waals surface area contributed by atoms with E-state index >= 15 is 0 Å². The van der Waals surface area contributed by atoms with Crippen LogP contribution in [0.4, 0.5) is 29.2 Å². The number of aromatic nitrogens is 3. The maximum Gasteiger partial charge on any atom is 0.451 e. The summed E-state index contributed by atoms with van der Waals surface area (Å²) in [4.78, 5) is 25.3. The van der Waals surface area contributed by atoms with E-state index in [-0.39, 0.29) is 24.7 Å². The SMILES string of the molecule is O=C(O)[C@H](CCN(CCCCc1ccc2c(n1)NCCC2)CCOc1ccc(F)cc1)Nc1ccnc(C(F)(F)F)n1. The number of hydrogen-bond acceptors (Lipinski definition) is 8. The number of rotatable bonds is 15. The number of unbranched alkanes of at least 4 members (excludes halogenated alkanes) is 1. The van der Waals surface area contributed by atoms with Crippen molar-refractivity contribution in [2.45, 2.75) is 50.7 Å². The lowest BCUT2D eigenvalue weighted by Gasteiger charge is -2.25. The fraction of sp³-hybridized carbons (Fsp3) is 0.448. The Morgan fingerprint density at radius 1 is 1.07 bits per heavy atom. The van der Waals surface area contributed by atoms with Crippen LogP contribution < -0.4 is 15.4 Å². The van der Waals surface area contributed by atoms with Crippen molar-refractivity contribution in [2.75, 3.05) is 43.4 Å². The third-order valence-corrected chi connectivity index (χ3v) is 6.86. The number of alkyl halides is 3. The molecule has 0 spiro atoms. The highest BCUT2D eigenvalue weighted by atomic mass is 19.4. The Labute approximate surface area is 241 Å². The number of fused-ring (bicyclic) bond motifs is 1. The Kier molecular flexibility index (Phi) is 10.9. The summed E-state index contributed by atoms with van der Waals surface area (Å²) in [6.45, 7) is 2.67. The van der Waals surface area contributed by atoms with Crippen molar-refractivity contribution in [3.8, 4) is 5.75 Å². The van der Waals surface area contributed by atoms with Gasteiger partial charge in [0.05, 0.1) is 0 Å². The maximum absolute atomic E-state index is 13.2. The van der Waals surface area contributed by atoms with Crippen LogP contribution in [0, 0.1) is 5.82 Å². The summed E-state index contributed by atoms with van der Waals surface area (Å²) in [6.07, 6.45) is 0.890. The molecule has 0 bridgehead atoms. The van der Waals surface area contributed by atoms with Gasteiger partial charge in [-0.05, 0) is 87.0 Å². The number of pyridine rings is 1. The third kappa shape index (κ3) is 9.54. The van der Waals surface area contributed by atoms with E-state index in [4.69, 9.17) is 9.72 Å². The van der Waals surface area contributed by atoms with E-state index in [2.05, 4.69) is 32.7 Å². The standard InChI is InChI=1S/C29H34F4N6O3/c30-21-7-10-23(11-8-21)42-19-18-39(16-2-1-5-22-9-6-20-4-3-14-34-26(20)36-22)17-13-24(27(40)41)37-25-12-15-35-28(38-25)29(31,32)33/h6-12,15,24H,1-5,13-14,16-19H2,(H,34,36)(H,40,41)(H,35,37,38)/t24-/m0/s1. The summed E-state index contributed by atoms with van der Waals surface area (Å²) in [7, 11) is 0. The second kappa shape index (κ2) is 14.8. The Hall–Kier alpha value is -4.00.